The molecule has 45 heavy (non-hydrogen) atoms. The number of rotatable bonds is 8. The highest BCUT2D eigenvalue weighted by molar-refractivity contribution is 7.84. The van der Waals surface area contributed by atoms with Gasteiger partial charge in [-0.3, -0.25) is 4.79 Å². The minimum Gasteiger partial charge on any atom is -0.494 e. The third-order valence-corrected chi connectivity index (χ3v) is 9.18. The maximum atomic E-state index is 14.8. The quantitative estimate of drug-likeness (QED) is 0.205. The fraction of sp³-hybridized carbons (Fsp3) is 0.367. The van der Waals surface area contributed by atoms with Crippen molar-refractivity contribution in [1.29, 1.82) is 0 Å². The number of hydrogen-bond acceptors (Lipinski definition) is 7. The second-order valence-electron chi connectivity index (χ2n) is 11.9. The molecule has 1 aliphatic heterocycles. The van der Waals surface area contributed by atoms with Gasteiger partial charge in [0, 0.05) is 16.7 Å². The van der Waals surface area contributed by atoms with Gasteiger partial charge >= 0.3 is 6.18 Å². The molecule has 1 aliphatic rings. The number of methoxy groups -OCH3 is 1. The predicted molar refractivity (Wildman–Crippen MR) is 158 cm³/mol. The van der Waals surface area contributed by atoms with Gasteiger partial charge in [-0.2, -0.15) is 13.2 Å². The summed E-state index contributed by atoms with van der Waals surface area (Å²) in [6.07, 6.45) is -3.96. The number of ether oxygens (including phenoxy) is 2. The molecule has 240 valence electrons. The van der Waals surface area contributed by atoms with Crippen molar-refractivity contribution >= 4 is 27.9 Å². The van der Waals surface area contributed by atoms with Gasteiger partial charge in [-0.05, 0) is 70.2 Å². The number of hydrogen-bond donors (Lipinski definition) is 4. The molecule has 3 atom stereocenters. The number of fused-ring (bicyclic) bond motifs is 2. The molecule has 0 aliphatic carbocycles. The van der Waals surface area contributed by atoms with Crippen molar-refractivity contribution in [2.24, 2.45) is 0 Å². The Bertz CT molecular complexity index is 1790. The smallest absolute Gasteiger partial charge is 0.424 e. The Morgan fingerprint density at radius 1 is 1.18 bits per heavy atom. The van der Waals surface area contributed by atoms with Crippen molar-refractivity contribution in [3.63, 3.8) is 0 Å². The van der Waals surface area contributed by atoms with Crippen LogP contribution < -0.4 is 19.5 Å². The molecular weight excluding hydrogens is 618 g/mol. The van der Waals surface area contributed by atoms with Gasteiger partial charge in [0.15, 0.2) is 5.75 Å². The molecule has 2 aromatic carbocycles. The zero-order chi connectivity index (χ0) is 32.9. The van der Waals surface area contributed by atoms with Crippen LogP contribution in [0, 0.1) is 5.82 Å². The average Bonchev–Trinajstić information content (AvgIpc) is 3.58. The molecule has 3 heterocycles. The fourth-order valence-corrected chi connectivity index (χ4v) is 5.68. The Balaban J connectivity index is 1.59. The van der Waals surface area contributed by atoms with E-state index in [1.807, 2.05) is 0 Å². The van der Waals surface area contributed by atoms with Crippen LogP contribution in [0.4, 0.5) is 17.6 Å². The van der Waals surface area contributed by atoms with Crippen LogP contribution in [0.3, 0.4) is 0 Å². The normalized spacial score (nSPS) is 18.6. The number of H-pyrrole nitrogens is 1. The van der Waals surface area contributed by atoms with E-state index in [9.17, 15) is 31.7 Å². The molecular formula is C30H31F4N5O5S. The maximum Gasteiger partial charge on any atom is 0.424 e. The first-order valence-electron chi connectivity index (χ1n) is 13.7. The predicted octanol–water partition coefficient (Wildman–Crippen LogP) is 4.61. The zero-order valence-electron chi connectivity index (χ0n) is 24.9. The third kappa shape index (κ3) is 5.99. The van der Waals surface area contributed by atoms with E-state index in [0.29, 0.717) is 11.0 Å². The number of pyridine rings is 1. The van der Waals surface area contributed by atoms with Crippen molar-refractivity contribution in [3.8, 4) is 22.8 Å². The number of halogens is 4. The Morgan fingerprint density at radius 3 is 2.49 bits per heavy atom. The van der Waals surface area contributed by atoms with E-state index in [4.69, 9.17) is 9.47 Å². The summed E-state index contributed by atoms with van der Waals surface area (Å²) < 4.78 is 84.7. The van der Waals surface area contributed by atoms with Crippen molar-refractivity contribution in [2.75, 3.05) is 20.3 Å². The van der Waals surface area contributed by atoms with Gasteiger partial charge < -0.3 is 24.9 Å². The summed E-state index contributed by atoms with van der Waals surface area (Å²) in [5, 5.41) is 13.5. The van der Waals surface area contributed by atoms with E-state index in [2.05, 4.69) is 25.0 Å². The number of amides is 1. The van der Waals surface area contributed by atoms with Crippen LogP contribution in [-0.4, -0.2) is 61.4 Å². The summed E-state index contributed by atoms with van der Waals surface area (Å²) in [7, 11) is -0.316. The molecule has 15 heteroatoms. The lowest BCUT2D eigenvalue weighted by Crippen LogP contribution is -2.52. The molecule has 10 nitrogen and oxygen atoms in total. The monoisotopic (exact) mass is 649 g/mol. The zero-order valence-corrected chi connectivity index (χ0v) is 25.7. The van der Waals surface area contributed by atoms with E-state index in [1.165, 1.54) is 37.7 Å². The highest BCUT2D eigenvalue weighted by Crippen LogP contribution is 2.47. The number of imidazole rings is 1. The van der Waals surface area contributed by atoms with Crippen LogP contribution in [0.2, 0.25) is 0 Å². The van der Waals surface area contributed by atoms with Gasteiger partial charge in [0.1, 0.15) is 29.4 Å². The first kappa shape index (κ1) is 32.3. The number of alkyl halides is 3. The van der Waals surface area contributed by atoms with Gasteiger partial charge in [-0.25, -0.2) is 23.3 Å². The molecule has 0 spiro atoms. The van der Waals surface area contributed by atoms with Gasteiger partial charge in [0.2, 0.25) is 5.60 Å². The van der Waals surface area contributed by atoms with Gasteiger partial charge in [0.25, 0.3) is 5.91 Å². The molecule has 0 saturated heterocycles. The number of aromatic nitrogens is 3. The molecule has 4 aromatic rings. The lowest BCUT2D eigenvalue weighted by Gasteiger charge is -2.32. The summed E-state index contributed by atoms with van der Waals surface area (Å²) in [6.45, 7) is 5.34. The van der Waals surface area contributed by atoms with Crippen LogP contribution in [0.25, 0.3) is 22.3 Å². The standard InChI is InChI=1S/C30H31F4N5O5S/c1-27(2,3)45(42)39-28(4)14-44-25-19(28)12-22(38-23(25)16-6-8-18(31)9-7-16)29(41,30(32,33)34)13-35-26(40)17-10-20-24(37-15-36-20)21(11-17)43-5/h6-12,15,39,41H,13-14H2,1-5H3,(H,35,40)(H,36,37)/t28-,29?,45?/m1/s1. The Morgan fingerprint density at radius 2 is 1.87 bits per heavy atom. The summed E-state index contributed by atoms with van der Waals surface area (Å²) in [4.78, 5) is 24.2. The lowest BCUT2D eigenvalue weighted by atomic mass is 9.89. The van der Waals surface area contributed by atoms with Gasteiger partial charge in [-0.15, -0.1) is 0 Å². The van der Waals surface area contributed by atoms with Crippen molar-refractivity contribution in [2.45, 2.75) is 49.8 Å². The molecule has 2 unspecified atom stereocenters. The maximum absolute atomic E-state index is 14.8. The lowest BCUT2D eigenvalue weighted by molar-refractivity contribution is -0.265. The highest BCUT2D eigenvalue weighted by Gasteiger charge is 2.57. The summed E-state index contributed by atoms with van der Waals surface area (Å²) >= 11 is 0. The van der Waals surface area contributed by atoms with E-state index >= 15 is 0 Å². The average molecular weight is 650 g/mol. The molecule has 0 radical (unpaired) electrons. The summed E-state index contributed by atoms with van der Waals surface area (Å²) in [5.41, 5.74) is -4.77. The molecule has 5 rings (SSSR count). The first-order valence-corrected chi connectivity index (χ1v) is 14.8. The Kier molecular flexibility index (Phi) is 8.17. The molecule has 0 saturated carbocycles. The van der Waals surface area contributed by atoms with Crippen molar-refractivity contribution < 1.29 is 41.1 Å². The van der Waals surface area contributed by atoms with E-state index in [1.54, 1.807) is 27.7 Å². The summed E-state index contributed by atoms with van der Waals surface area (Å²) in [6, 6.07) is 8.58. The van der Waals surface area contributed by atoms with Crippen LogP contribution in [0.1, 0.15) is 49.3 Å². The third-order valence-electron chi connectivity index (χ3n) is 7.43. The first-order chi connectivity index (χ1) is 21.0. The Labute approximate surface area is 258 Å². The number of aromatic amines is 1. The highest BCUT2D eigenvalue weighted by atomic mass is 32.2. The summed E-state index contributed by atoms with van der Waals surface area (Å²) in [5.74, 6) is -1.21. The number of aliphatic hydroxyl groups is 1. The number of benzene rings is 2. The molecule has 0 bridgehead atoms. The van der Waals surface area contributed by atoms with Crippen molar-refractivity contribution in [1.82, 2.24) is 25.0 Å². The minimum atomic E-state index is -5.33. The van der Waals surface area contributed by atoms with Gasteiger partial charge in [-0.1, -0.05) is 0 Å². The number of nitrogens with zero attached hydrogens (tertiary/aromatic N) is 2. The number of nitrogens with one attached hydrogen (secondary N) is 3. The van der Waals surface area contributed by atoms with Crippen LogP contribution in [-0.2, 0) is 22.1 Å². The molecule has 2 aromatic heterocycles. The van der Waals surface area contributed by atoms with E-state index in [-0.39, 0.29) is 40.5 Å². The molecule has 0 fully saturated rings. The van der Waals surface area contributed by atoms with Crippen LogP contribution in [0.15, 0.2) is 48.8 Å². The minimum absolute atomic E-state index is 0.0446. The largest absolute Gasteiger partial charge is 0.494 e. The second-order valence-corrected chi connectivity index (χ2v) is 13.8. The topological polar surface area (TPSA) is 138 Å². The fourth-order valence-electron chi connectivity index (χ4n) is 4.79. The van der Waals surface area contributed by atoms with Crippen molar-refractivity contribution in [3.05, 3.63) is 71.4 Å². The number of carbonyl (C=O) groups excluding carboxylic acids is 1. The van der Waals surface area contributed by atoms with E-state index < -0.39 is 57.0 Å². The number of carbonyl (C=O) groups is 1. The van der Waals surface area contributed by atoms with Crippen LogP contribution >= 0.6 is 0 Å². The van der Waals surface area contributed by atoms with Gasteiger partial charge in [0.05, 0.1) is 52.5 Å². The molecule has 1 amide bonds. The molecule has 4 N–H and O–H groups in total. The van der Waals surface area contributed by atoms with E-state index in [0.717, 1.165) is 18.2 Å². The second kappa shape index (κ2) is 11.4. The Hall–Kier alpha value is -4.08. The van der Waals surface area contributed by atoms with Crippen LogP contribution in [0.5, 0.6) is 11.5 Å². The SMILES string of the molecule is COc1cc(C(=O)NCC(O)(c2cc3c(c(-c4ccc(F)cc4)n2)OC[C@@]3(C)NS(=O)C(C)(C)C)C(F)(F)F)cc2[nH]cnc12.